The largest absolute Gasteiger partial charge is 0.413 e. The molecule has 0 unspecified atom stereocenters. The maximum Gasteiger partial charge on any atom is 0.200 e. The second-order valence-electron chi connectivity index (χ2n) is 10.5. The molecule has 2 aliphatic heterocycles. The predicted molar refractivity (Wildman–Crippen MR) is 137 cm³/mol. The van der Waals surface area contributed by atoms with E-state index in [1.807, 2.05) is 13.8 Å². The second kappa shape index (κ2) is 8.97. The van der Waals surface area contributed by atoms with Crippen molar-refractivity contribution in [2.24, 2.45) is 0 Å². The minimum Gasteiger partial charge on any atom is -0.413 e. The lowest BCUT2D eigenvalue weighted by molar-refractivity contribution is -0.200. The summed E-state index contributed by atoms with van der Waals surface area (Å²) in [6.07, 6.45) is 0.0686. The van der Waals surface area contributed by atoms with Crippen LogP contribution in [-0.2, 0) is 18.6 Å². The number of anilines is 1. The summed E-state index contributed by atoms with van der Waals surface area (Å²) in [7, 11) is -2.06. The van der Waals surface area contributed by atoms with Gasteiger partial charge in [-0.15, -0.1) is 0 Å². The molecule has 0 aromatic carbocycles. The van der Waals surface area contributed by atoms with Crippen molar-refractivity contribution in [3.8, 4) is 0 Å². The van der Waals surface area contributed by atoms with Gasteiger partial charge in [0.05, 0.1) is 12.0 Å². The monoisotopic (exact) mass is 589 g/mol. The number of nitrogens with zero attached hydrogens (tertiary/aromatic N) is 4. The average Bonchev–Trinajstić information content (AvgIpc) is 3.31. The van der Waals surface area contributed by atoms with Crippen LogP contribution < -0.4 is 5.73 Å². The Bertz CT molecular complexity index is 992. The Hall–Kier alpha value is -0.863. The van der Waals surface area contributed by atoms with E-state index in [-0.39, 0.29) is 18.3 Å². The lowest BCUT2D eigenvalue weighted by Crippen LogP contribution is -2.50. The van der Waals surface area contributed by atoms with Gasteiger partial charge in [-0.05, 0) is 53.1 Å². The van der Waals surface area contributed by atoms with Gasteiger partial charge in [-0.25, -0.2) is 14.6 Å². The van der Waals surface area contributed by atoms with Crippen LogP contribution >= 0.6 is 22.6 Å². The maximum atomic E-state index is 6.87. The normalized spacial score (nSPS) is 27.4. The van der Waals surface area contributed by atoms with Crippen LogP contribution in [0.25, 0.3) is 11.0 Å². The minimum absolute atomic E-state index is 0.265. The molecular formula is C22H36IN5O4Si. The first kappa shape index (κ1) is 25.2. The first-order valence-corrected chi connectivity index (χ1v) is 14.9. The van der Waals surface area contributed by atoms with E-state index in [0.29, 0.717) is 34.7 Å². The average molecular weight is 590 g/mol. The number of fused-ring (bicyclic) bond motifs is 2. The van der Waals surface area contributed by atoms with E-state index in [9.17, 15) is 0 Å². The number of nitrogens with two attached hydrogens (primary N) is 1. The van der Waals surface area contributed by atoms with E-state index >= 15 is 0 Å². The van der Waals surface area contributed by atoms with Gasteiger partial charge in [-0.2, -0.15) is 5.10 Å². The molecule has 2 saturated heterocycles. The molecule has 0 aliphatic carbocycles. The van der Waals surface area contributed by atoms with Gasteiger partial charge in [0.25, 0.3) is 0 Å². The molecule has 0 bridgehead atoms. The molecule has 184 valence electrons. The standard InChI is InChI=1S/C22H36IN5O4Si/c1-11(2)33(12(3)4,13(5)6)29-9-14-16-17(32-22(7,8)31-16)21(30-14)28-20-15(18(23)27-28)19(24)25-10-26-20/h10-14,16-17,21H,9H2,1-8H3,(H2,24,25,26)/t14-,16-,17-,21-/m1/s1. The Morgan fingerprint density at radius 1 is 1.09 bits per heavy atom. The molecule has 0 spiro atoms. The highest BCUT2D eigenvalue weighted by Crippen LogP contribution is 2.46. The van der Waals surface area contributed by atoms with E-state index < -0.39 is 20.3 Å². The van der Waals surface area contributed by atoms with Crippen molar-refractivity contribution >= 4 is 47.8 Å². The fourth-order valence-electron chi connectivity index (χ4n) is 5.85. The summed E-state index contributed by atoms with van der Waals surface area (Å²) in [6.45, 7) is 18.0. The smallest absolute Gasteiger partial charge is 0.200 e. The Labute approximate surface area is 210 Å². The van der Waals surface area contributed by atoms with Gasteiger partial charge in [-0.3, -0.25) is 0 Å². The first-order chi connectivity index (χ1) is 15.4. The molecule has 2 aliphatic rings. The van der Waals surface area contributed by atoms with E-state index in [1.54, 1.807) is 4.68 Å². The molecule has 0 radical (unpaired) electrons. The van der Waals surface area contributed by atoms with E-state index in [0.717, 1.165) is 9.09 Å². The maximum absolute atomic E-state index is 6.87. The minimum atomic E-state index is -2.06. The van der Waals surface area contributed by atoms with Crippen LogP contribution in [0.2, 0.25) is 16.6 Å². The quantitative estimate of drug-likeness (QED) is 0.369. The van der Waals surface area contributed by atoms with Crippen molar-refractivity contribution < 1.29 is 18.6 Å². The van der Waals surface area contributed by atoms with Crippen molar-refractivity contribution in [1.29, 1.82) is 0 Å². The lowest BCUT2D eigenvalue weighted by atomic mass is 10.1. The molecule has 2 aromatic rings. The third-order valence-corrected chi connectivity index (χ3v) is 13.9. The molecule has 2 N–H and O–H groups in total. The van der Waals surface area contributed by atoms with Crippen LogP contribution in [0.5, 0.6) is 0 Å². The van der Waals surface area contributed by atoms with Crippen molar-refractivity contribution in [1.82, 2.24) is 19.7 Å². The van der Waals surface area contributed by atoms with Crippen molar-refractivity contribution in [3.05, 3.63) is 10.0 Å². The van der Waals surface area contributed by atoms with Crippen LogP contribution in [0.1, 0.15) is 61.6 Å². The number of aromatic nitrogens is 4. The zero-order valence-electron chi connectivity index (χ0n) is 20.7. The summed E-state index contributed by atoms with van der Waals surface area (Å²) in [5, 5.41) is 5.42. The van der Waals surface area contributed by atoms with Crippen LogP contribution in [0.4, 0.5) is 5.82 Å². The summed E-state index contributed by atoms with van der Waals surface area (Å²) in [6, 6.07) is 0. The zero-order chi connectivity index (χ0) is 24.3. The van der Waals surface area contributed by atoms with Gasteiger partial charge < -0.3 is 24.4 Å². The molecule has 4 rings (SSSR count). The van der Waals surface area contributed by atoms with Crippen molar-refractivity contribution in [2.45, 2.75) is 102 Å². The molecule has 2 fully saturated rings. The van der Waals surface area contributed by atoms with E-state index in [4.69, 9.17) is 29.5 Å². The highest BCUT2D eigenvalue weighted by molar-refractivity contribution is 14.1. The fraction of sp³-hybridized carbons (Fsp3) is 0.773. The summed E-state index contributed by atoms with van der Waals surface area (Å²) in [4.78, 5) is 8.56. The first-order valence-electron chi connectivity index (χ1n) is 11.7. The number of rotatable bonds is 7. The Morgan fingerprint density at radius 3 is 2.30 bits per heavy atom. The molecule has 0 saturated carbocycles. The molecule has 33 heavy (non-hydrogen) atoms. The third-order valence-electron chi connectivity index (χ3n) is 7.05. The molecule has 9 nitrogen and oxygen atoms in total. The number of ether oxygens (including phenoxy) is 3. The van der Waals surface area contributed by atoms with Gasteiger partial charge in [0, 0.05) is 0 Å². The number of halogens is 1. The number of nitrogen functional groups attached to an aromatic ring is 1. The van der Waals surface area contributed by atoms with Gasteiger partial charge in [0.2, 0.25) is 0 Å². The number of hydrogen-bond donors (Lipinski definition) is 1. The predicted octanol–water partition coefficient (Wildman–Crippen LogP) is 4.62. The van der Waals surface area contributed by atoms with Gasteiger partial charge in [0.1, 0.15) is 34.2 Å². The molecule has 4 heterocycles. The van der Waals surface area contributed by atoms with Crippen LogP contribution in [0, 0.1) is 3.70 Å². The molecule has 2 aromatic heterocycles. The molecule has 0 amide bonds. The molecule has 11 heteroatoms. The zero-order valence-corrected chi connectivity index (χ0v) is 23.9. The van der Waals surface area contributed by atoms with E-state index in [1.165, 1.54) is 6.33 Å². The summed E-state index contributed by atoms with van der Waals surface area (Å²) in [5.41, 5.74) is 8.19. The van der Waals surface area contributed by atoms with Crippen LogP contribution in [0.15, 0.2) is 6.33 Å². The SMILES string of the molecule is CC(C)[Si](OC[C@H]1O[C@@H](n2nc(I)c3c(N)ncnc32)[C@@H]2OC(C)(C)O[C@@H]21)(C(C)C)C(C)C. The van der Waals surface area contributed by atoms with Gasteiger partial charge in [0.15, 0.2) is 26.0 Å². The highest BCUT2D eigenvalue weighted by atomic mass is 127. The van der Waals surface area contributed by atoms with Gasteiger partial charge >= 0.3 is 0 Å². The lowest BCUT2D eigenvalue weighted by Gasteiger charge is -2.43. The second-order valence-corrected chi connectivity index (χ2v) is 16.9. The Morgan fingerprint density at radius 2 is 1.70 bits per heavy atom. The summed E-state index contributed by atoms with van der Waals surface area (Å²) in [5.74, 6) is -0.321. The number of hydrogen-bond acceptors (Lipinski definition) is 8. The Kier molecular flexibility index (Phi) is 6.86. The molecule has 4 atom stereocenters. The van der Waals surface area contributed by atoms with Crippen LogP contribution in [0.3, 0.4) is 0 Å². The Balaban J connectivity index is 1.66. The molecular weight excluding hydrogens is 553 g/mol. The van der Waals surface area contributed by atoms with Gasteiger partial charge in [-0.1, -0.05) is 41.5 Å². The van der Waals surface area contributed by atoms with E-state index in [2.05, 4.69) is 74.1 Å². The van der Waals surface area contributed by atoms with Crippen LogP contribution in [-0.4, -0.2) is 58.8 Å². The third kappa shape index (κ3) is 4.22. The topological polar surface area (TPSA) is 107 Å². The summed E-state index contributed by atoms with van der Waals surface area (Å²) >= 11 is 2.15. The highest BCUT2D eigenvalue weighted by Gasteiger charge is 2.57. The fourth-order valence-corrected chi connectivity index (χ4v) is 12.0. The van der Waals surface area contributed by atoms with Crippen molar-refractivity contribution in [2.75, 3.05) is 12.3 Å². The summed E-state index contributed by atoms with van der Waals surface area (Å²) < 4.78 is 28.5. The van der Waals surface area contributed by atoms with Crippen molar-refractivity contribution in [3.63, 3.8) is 0 Å².